The molecule has 0 aliphatic heterocycles. The first kappa shape index (κ1) is 18.5. The number of thiophene rings is 1. The van der Waals surface area contributed by atoms with Crippen LogP contribution in [0.3, 0.4) is 0 Å². The van der Waals surface area contributed by atoms with Gasteiger partial charge >= 0.3 is 0 Å². The Morgan fingerprint density at radius 2 is 2.08 bits per heavy atom. The van der Waals surface area contributed by atoms with Crippen LogP contribution in [0.1, 0.15) is 17.6 Å². The molecular weight excluding hydrogens is 348 g/mol. The number of sulfonamides is 1. The third-order valence-electron chi connectivity index (χ3n) is 3.12. The predicted molar refractivity (Wildman–Crippen MR) is 95.6 cm³/mol. The van der Waals surface area contributed by atoms with E-state index in [1.165, 1.54) is 29.7 Å². The summed E-state index contributed by atoms with van der Waals surface area (Å²) < 4.78 is 31.0. The average Bonchev–Trinajstić information content (AvgIpc) is 3.21. The standard InChI is InChI=1S/C15H22N4O3S2/c1-4-16-15(17-10-12-6-5-9-22-12)18-11-13-7-8-14(23-13)24(20,21)19(2)3/h5-9H,4,10-11H2,1-3H3,(H2,16,17,18). The van der Waals surface area contributed by atoms with Crippen LogP contribution in [0, 0.1) is 0 Å². The van der Waals surface area contributed by atoms with E-state index in [1.807, 2.05) is 25.1 Å². The topological polar surface area (TPSA) is 86.9 Å². The van der Waals surface area contributed by atoms with E-state index in [4.69, 9.17) is 4.42 Å². The zero-order chi connectivity index (χ0) is 17.6. The summed E-state index contributed by atoms with van der Waals surface area (Å²) >= 11 is 1.25. The lowest BCUT2D eigenvalue weighted by Crippen LogP contribution is -2.36. The fourth-order valence-corrected chi connectivity index (χ4v) is 4.31. The average molecular weight is 371 g/mol. The van der Waals surface area contributed by atoms with Crippen molar-refractivity contribution in [2.24, 2.45) is 4.99 Å². The summed E-state index contributed by atoms with van der Waals surface area (Å²) in [6.07, 6.45) is 1.61. The molecule has 2 N–H and O–H groups in total. The minimum absolute atomic E-state index is 0.335. The summed E-state index contributed by atoms with van der Waals surface area (Å²) in [5.41, 5.74) is 0. The molecule has 2 heterocycles. The van der Waals surface area contributed by atoms with Crippen molar-refractivity contribution in [1.29, 1.82) is 0 Å². The maximum atomic E-state index is 12.1. The summed E-state index contributed by atoms with van der Waals surface area (Å²) in [7, 11) is -0.328. The second-order valence-electron chi connectivity index (χ2n) is 5.14. The van der Waals surface area contributed by atoms with E-state index in [1.54, 1.807) is 12.3 Å². The van der Waals surface area contributed by atoms with E-state index in [9.17, 15) is 8.42 Å². The number of hydrogen-bond donors (Lipinski definition) is 2. The Labute approximate surface area is 146 Å². The Bertz CT molecular complexity index is 765. The van der Waals surface area contributed by atoms with Gasteiger partial charge in [-0.05, 0) is 31.2 Å². The Hall–Kier alpha value is -1.84. The summed E-state index contributed by atoms with van der Waals surface area (Å²) in [5.74, 6) is 1.43. The van der Waals surface area contributed by atoms with Crippen molar-refractivity contribution in [1.82, 2.24) is 14.9 Å². The van der Waals surface area contributed by atoms with Crippen LogP contribution in [0.4, 0.5) is 0 Å². The highest BCUT2D eigenvalue weighted by molar-refractivity contribution is 7.91. The number of hydrogen-bond acceptors (Lipinski definition) is 5. The summed E-state index contributed by atoms with van der Waals surface area (Å²) in [4.78, 5) is 5.35. The van der Waals surface area contributed by atoms with Gasteiger partial charge in [-0.25, -0.2) is 17.7 Å². The second-order valence-corrected chi connectivity index (χ2v) is 8.68. The molecule has 2 rings (SSSR count). The Balaban J connectivity index is 1.99. The molecule has 2 aromatic heterocycles. The fourth-order valence-electron chi connectivity index (χ4n) is 1.84. The van der Waals surface area contributed by atoms with Gasteiger partial charge in [0.2, 0.25) is 0 Å². The molecule has 7 nitrogen and oxygen atoms in total. The van der Waals surface area contributed by atoms with Gasteiger partial charge in [0, 0.05) is 25.5 Å². The van der Waals surface area contributed by atoms with Crippen LogP contribution in [-0.2, 0) is 23.1 Å². The lowest BCUT2D eigenvalue weighted by molar-refractivity contribution is 0.512. The van der Waals surface area contributed by atoms with Gasteiger partial charge in [-0.2, -0.15) is 0 Å². The molecular formula is C15H22N4O3S2. The molecule has 0 aliphatic carbocycles. The molecule has 0 radical (unpaired) electrons. The number of nitrogens with zero attached hydrogens (tertiary/aromatic N) is 2. The molecule has 24 heavy (non-hydrogen) atoms. The molecule has 0 fully saturated rings. The van der Waals surface area contributed by atoms with Gasteiger partial charge in [0.1, 0.15) is 16.5 Å². The molecule has 9 heteroatoms. The monoisotopic (exact) mass is 370 g/mol. The first-order chi connectivity index (χ1) is 11.4. The molecule has 0 spiro atoms. The van der Waals surface area contributed by atoms with Crippen molar-refractivity contribution in [3.8, 4) is 0 Å². The van der Waals surface area contributed by atoms with E-state index in [0.29, 0.717) is 23.3 Å². The van der Waals surface area contributed by atoms with Gasteiger partial charge in [-0.1, -0.05) is 0 Å². The van der Waals surface area contributed by atoms with Crippen LogP contribution in [0.2, 0.25) is 0 Å². The second kappa shape index (κ2) is 8.32. The van der Waals surface area contributed by atoms with Gasteiger partial charge in [-0.15, -0.1) is 11.3 Å². The summed E-state index contributed by atoms with van der Waals surface area (Å²) in [5, 5.41) is 6.34. The minimum Gasteiger partial charge on any atom is -0.467 e. The molecule has 2 aromatic rings. The van der Waals surface area contributed by atoms with E-state index in [-0.39, 0.29) is 0 Å². The minimum atomic E-state index is -3.38. The summed E-state index contributed by atoms with van der Waals surface area (Å²) in [6, 6.07) is 7.13. The van der Waals surface area contributed by atoms with Crippen molar-refractivity contribution in [3.05, 3.63) is 41.2 Å². The van der Waals surface area contributed by atoms with Crippen molar-refractivity contribution in [3.63, 3.8) is 0 Å². The lowest BCUT2D eigenvalue weighted by atomic mass is 10.4. The van der Waals surface area contributed by atoms with E-state index >= 15 is 0 Å². The molecule has 0 saturated heterocycles. The normalized spacial score (nSPS) is 12.6. The summed E-state index contributed by atoms with van der Waals surface area (Å²) in [6.45, 7) is 3.65. The maximum absolute atomic E-state index is 12.1. The van der Waals surface area contributed by atoms with Crippen LogP contribution in [-0.4, -0.2) is 39.3 Å². The van der Waals surface area contributed by atoms with E-state index < -0.39 is 10.0 Å². The van der Waals surface area contributed by atoms with Crippen LogP contribution in [0.15, 0.2) is 44.1 Å². The number of rotatable bonds is 7. The largest absolute Gasteiger partial charge is 0.467 e. The Kier molecular flexibility index (Phi) is 6.41. The van der Waals surface area contributed by atoms with Crippen molar-refractivity contribution in [2.75, 3.05) is 20.6 Å². The molecule has 0 amide bonds. The Morgan fingerprint density at radius 1 is 1.29 bits per heavy atom. The zero-order valence-corrected chi connectivity index (χ0v) is 15.6. The van der Waals surface area contributed by atoms with E-state index in [2.05, 4.69) is 15.6 Å². The highest BCUT2D eigenvalue weighted by Crippen LogP contribution is 2.23. The highest BCUT2D eigenvalue weighted by atomic mass is 32.2. The van der Waals surface area contributed by atoms with Gasteiger partial charge in [-0.3, -0.25) is 0 Å². The molecule has 0 atom stereocenters. The van der Waals surface area contributed by atoms with Crippen molar-refractivity contribution < 1.29 is 12.8 Å². The van der Waals surface area contributed by atoms with Gasteiger partial charge in [0.15, 0.2) is 5.96 Å². The van der Waals surface area contributed by atoms with Crippen LogP contribution in [0.25, 0.3) is 0 Å². The van der Waals surface area contributed by atoms with Gasteiger partial charge in [0.25, 0.3) is 10.0 Å². The number of guanidine groups is 1. The molecule has 0 aromatic carbocycles. The molecule has 0 saturated carbocycles. The highest BCUT2D eigenvalue weighted by Gasteiger charge is 2.19. The Morgan fingerprint density at radius 3 is 2.71 bits per heavy atom. The fraction of sp³-hybridized carbons (Fsp3) is 0.400. The number of nitrogens with one attached hydrogen (secondary N) is 2. The van der Waals surface area contributed by atoms with E-state index in [0.717, 1.165) is 17.2 Å². The van der Waals surface area contributed by atoms with Crippen LogP contribution >= 0.6 is 11.3 Å². The molecule has 0 bridgehead atoms. The molecule has 0 aliphatic rings. The first-order valence-electron chi connectivity index (χ1n) is 7.49. The molecule has 0 unspecified atom stereocenters. The lowest BCUT2D eigenvalue weighted by Gasteiger charge is -2.10. The SMILES string of the molecule is CCNC(=NCc1ccco1)NCc1ccc(S(=O)(=O)N(C)C)s1. The third kappa shape index (κ3) is 4.83. The first-order valence-corrected chi connectivity index (χ1v) is 9.75. The number of furan rings is 1. The van der Waals surface area contributed by atoms with Gasteiger partial charge in [0.05, 0.1) is 12.8 Å². The molecule has 132 valence electrons. The quantitative estimate of drug-likeness (QED) is 0.574. The third-order valence-corrected chi connectivity index (χ3v) is 6.49. The number of aliphatic imine (C=N–C) groups is 1. The smallest absolute Gasteiger partial charge is 0.252 e. The maximum Gasteiger partial charge on any atom is 0.252 e. The van der Waals surface area contributed by atoms with Gasteiger partial charge < -0.3 is 15.1 Å². The van der Waals surface area contributed by atoms with Crippen LogP contribution < -0.4 is 10.6 Å². The van der Waals surface area contributed by atoms with Crippen molar-refractivity contribution >= 4 is 27.3 Å². The van der Waals surface area contributed by atoms with Crippen molar-refractivity contribution in [2.45, 2.75) is 24.2 Å². The van der Waals surface area contributed by atoms with Crippen LogP contribution in [0.5, 0.6) is 0 Å². The zero-order valence-electron chi connectivity index (χ0n) is 13.9. The predicted octanol–water partition coefficient (Wildman–Crippen LogP) is 1.85.